The zero-order valence-electron chi connectivity index (χ0n) is 8.92. The van der Waals surface area contributed by atoms with Crippen molar-refractivity contribution in [2.75, 3.05) is 0 Å². The minimum absolute atomic E-state index is 0.331. The van der Waals surface area contributed by atoms with Gasteiger partial charge in [-0.3, -0.25) is 10.1 Å². The number of rotatable bonds is 1. The third-order valence-electron chi connectivity index (χ3n) is 2.38. The quantitative estimate of drug-likeness (QED) is 0.298. The Kier molecular flexibility index (Phi) is 2.91. The number of fused-ring (bicyclic) bond motifs is 1. The summed E-state index contributed by atoms with van der Waals surface area (Å²) in [6.07, 6.45) is 0. The molecule has 86 valence electrons. The molecule has 0 unspecified atom stereocenters. The molecule has 0 fully saturated rings. The Hall–Kier alpha value is -2.56. The first-order valence-corrected chi connectivity index (χ1v) is 4.99. The molecule has 2 aromatic carbocycles. The summed E-state index contributed by atoms with van der Waals surface area (Å²) in [5.74, 6) is -0.736. The van der Waals surface area contributed by atoms with E-state index in [1.165, 1.54) is 0 Å². The van der Waals surface area contributed by atoms with Crippen molar-refractivity contribution in [2.45, 2.75) is 0 Å². The van der Waals surface area contributed by atoms with Crippen LogP contribution in [-0.4, -0.2) is 17.1 Å². The molecule has 17 heavy (non-hydrogen) atoms. The lowest BCUT2D eigenvalue weighted by atomic mass is 10.0. The van der Waals surface area contributed by atoms with Crippen LogP contribution in [0.3, 0.4) is 0 Å². The molecule has 0 atom stereocenters. The highest BCUT2D eigenvalue weighted by atomic mass is 16.4. The van der Waals surface area contributed by atoms with Gasteiger partial charge in [0.25, 0.3) is 5.91 Å². The number of carbonyl (C=O) groups excluding carboxylic acids is 1. The van der Waals surface area contributed by atoms with Crippen LogP contribution >= 0.6 is 0 Å². The lowest BCUT2D eigenvalue weighted by molar-refractivity contribution is 0.0976. The van der Waals surface area contributed by atoms with Crippen LogP contribution in [0.5, 0.6) is 0 Å². The summed E-state index contributed by atoms with van der Waals surface area (Å²) in [5, 5.41) is 15.1. The van der Waals surface area contributed by atoms with Crippen LogP contribution in [0.15, 0.2) is 47.6 Å². The Bertz CT molecular complexity index is 588. The van der Waals surface area contributed by atoms with Crippen molar-refractivity contribution in [2.24, 2.45) is 10.9 Å². The number of nitrogens with two attached hydrogens (primary N) is 1. The summed E-state index contributed by atoms with van der Waals surface area (Å²) < 4.78 is 0. The van der Waals surface area contributed by atoms with Gasteiger partial charge in [0.05, 0.1) is 0 Å². The summed E-state index contributed by atoms with van der Waals surface area (Å²) in [5.41, 5.74) is 5.70. The maximum atomic E-state index is 11.8. The van der Waals surface area contributed by atoms with E-state index in [1.807, 2.05) is 30.3 Å². The van der Waals surface area contributed by atoms with E-state index in [1.54, 1.807) is 12.1 Å². The van der Waals surface area contributed by atoms with Crippen LogP contribution < -0.4 is 11.1 Å². The van der Waals surface area contributed by atoms with E-state index < -0.39 is 5.91 Å². The molecule has 2 rings (SSSR count). The van der Waals surface area contributed by atoms with Crippen LogP contribution in [0, 0.1) is 0 Å². The molecule has 4 N–H and O–H groups in total. The normalized spacial score (nSPS) is 11.4. The molecule has 0 aliphatic rings. The number of amides is 1. The zero-order chi connectivity index (χ0) is 12.3. The first kappa shape index (κ1) is 10.9. The number of benzene rings is 2. The van der Waals surface area contributed by atoms with E-state index in [9.17, 15) is 4.79 Å². The van der Waals surface area contributed by atoms with Crippen molar-refractivity contribution < 1.29 is 10.0 Å². The number of nitrogens with one attached hydrogen (secondary N) is 1. The van der Waals surface area contributed by atoms with E-state index in [0.29, 0.717) is 5.56 Å². The number of nitrogens with zero attached hydrogens (tertiary/aromatic N) is 1. The molecule has 0 spiro atoms. The summed E-state index contributed by atoms with van der Waals surface area (Å²) in [4.78, 5) is 11.8. The summed E-state index contributed by atoms with van der Waals surface area (Å²) in [6.45, 7) is 0. The molecule has 0 bridgehead atoms. The molecule has 5 nitrogen and oxygen atoms in total. The van der Waals surface area contributed by atoms with Gasteiger partial charge in [-0.15, -0.1) is 0 Å². The predicted molar refractivity (Wildman–Crippen MR) is 64.8 cm³/mol. The molecule has 2 aromatic rings. The van der Waals surface area contributed by atoms with Crippen molar-refractivity contribution in [3.05, 3.63) is 48.0 Å². The van der Waals surface area contributed by atoms with Gasteiger partial charge in [-0.25, -0.2) is 0 Å². The molecule has 0 saturated carbocycles. The highest BCUT2D eigenvalue weighted by Crippen LogP contribution is 2.18. The van der Waals surface area contributed by atoms with Gasteiger partial charge in [0.1, 0.15) is 0 Å². The van der Waals surface area contributed by atoms with Crippen LogP contribution in [0.1, 0.15) is 10.4 Å². The second kappa shape index (κ2) is 4.52. The third kappa shape index (κ3) is 2.17. The number of carbonyl (C=O) groups is 1. The molecule has 0 aliphatic heterocycles. The largest absolute Gasteiger partial charge is 0.408 e. The summed E-state index contributed by atoms with van der Waals surface area (Å²) in [6, 6.07) is 12.9. The Balaban J connectivity index is 2.45. The number of oxime groups is 1. The fourth-order valence-electron chi connectivity index (χ4n) is 1.63. The van der Waals surface area contributed by atoms with Crippen LogP contribution in [0.4, 0.5) is 0 Å². The summed E-state index contributed by atoms with van der Waals surface area (Å²) >= 11 is 0. The lowest BCUT2D eigenvalue weighted by Gasteiger charge is -2.06. The summed E-state index contributed by atoms with van der Waals surface area (Å²) in [7, 11) is 0. The second-order valence-corrected chi connectivity index (χ2v) is 3.47. The van der Waals surface area contributed by atoms with Crippen molar-refractivity contribution in [1.29, 1.82) is 0 Å². The van der Waals surface area contributed by atoms with Gasteiger partial charge >= 0.3 is 0 Å². The molecule has 0 radical (unpaired) electrons. The van der Waals surface area contributed by atoms with Crippen LogP contribution in [-0.2, 0) is 0 Å². The van der Waals surface area contributed by atoms with Crippen LogP contribution in [0.2, 0.25) is 0 Å². The van der Waals surface area contributed by atoms with Gasteiger partial charge in [0.2, 0.25) is 5.96 Å². The van der Waals surface area contributed by atoms with Crippen molar-refractivity contribution in [3.8, 4) is 0 Å². The molecule has 0 aliphatic carbocycles. The maximum Gasteiger partial charge on any atom is 0.258 e. The Labute approximate surface area is 97.5 Å². The molecular formula is C12H11N3O2. The topological polar surface area (TPSA) is 87.7 Å². The van der Waals surface area contributed by atoms with Crippen molar-refractivity contribution in [3.63, 3.8) is 0 Å². The van der Waals surface area contributed by atoms with Gasteiger partial charge in [-0.2, -0.15) is 0 Å². The van der Waals surface area contributed by atoms with E-state index >= 15 is 0 Å². The highest BCUT2D eigenvalue weighted by Gasteiger charge is 2.10. The average molecular weight is 229 g/mol. The fourth-order valence-corrected chi connectivity index (χ4v) is 1.63. The zero-order valence-corrected chi connectivity index (χ0v) is 8.92. The Morgan fingerprint density at radius 3 is 2.65 bits per heavy atom. The molecule has 1 amide bonds. The van der Waals surface area contributed by atoms with Gasteiger partial charge in [-0.05, 0) is 16.8 Å². The Morgan fingerprint density at radius 1 is 1.18 bits per heavy atom. The number of guanidine groups is 1. The van der Waals surface area contributed by atoms with Gasteiger partial charge in [-0.1, -0.05) is 41.6 Å². The monoisotopic (exact) mass is 229 g/mol. The fraction of sp³-hybridized carbons (Fsp3) is 0. The van der Waals surface area contributed by atoms with Crippen molar-refractivity contribution in [1.82, 2.24) is 5.32 Å². The molecular weight excluding hydrogens is 218 g/mol. The van der Waals surface area contributed by atoms with Gasteiger partial charge in [0.15, 0.2) is 0 Å². The minimum Gasteiger partial charge on any atom is -0.408 e. The predicted octanol–water partition coefficient (Wildman–Crippen LogP) is 1.27. The SMILES string of the molecule is NC(=NO)NC(=O)c1cccc2ccccc12. The minimum atomic E-state index is -0.405. The molecule has 0 aromatic heterocycles. The van der Waals surface area contributed by atoms with Crippen LogP contribution in [0.25, 0.3) is 10.8 Å². The molecule has 5 heteroatoms. The lowest BCUT2D eigenvalue weighted by Crippen LogP contribution is -2.36. The first-order valence-electron chi connectivity index (χ1n) is 4.99. The van der Waals surface area contributed by atoms with Crippen molar-refractivity contribution >= 4 is 22.6 Å². The highest BCUT2D eigenvalue weighted by molar-refractivity contribution is 6.12. The molecule has 0 saturated heterocycles. The molecule has 0 heterocycles. The average Bonchev–Trinajstić information content (AvgIpc) is 2.37. The van der Waals surface area contributed by atoms with E-state index in [2.05, 4.69) is 10.5 Å². The third-order valence-corrected chi connectivity index (χ3v) is 2.38. The van der Waals surface area contributed by atoms with E-state index in [-0.39, 0.29) is 5.96 Å². The Morgan fingerprint density at radius 2 is 1.88 bits per heavy atom. The standard InChI is InChI=1S/C12H11N3O2/c13-12(15-17)14-11(16)10-7-3-5-8-4-1-2-6-9(8)10/h1-7,17H,(H3,13,14,15,16). The smallest absolute Gasteiger partial charge is 0.258 e. The first-order chi connectivity index (χ1) is 8.22. The van der Waals surface area contributed by atoms with Gasteiger partial charge < -0.3 is 10.9 Å². The second-order valence-electron chi connectivity index (χ2n) is 3.47. The van der Waals surface area contributed by atoms with E-state index in [0.717, 1.165) is 10.8 Å². The number of hydrogen-bond donors (Lipinski definition) is 3. The number of hydrogen-bond acceptors (Lipinski definition) is 3. The van der Waals surface area contributed by atoms with E-state index in [4.69, 9.17) is 10.9 Å². The maximum absolute atomic E-state index is 11.8. The van der Waals surface area contributed by atoms with Gasteiger partial charge in [0, 0.05) is 5.56 Å².